The van der Waals surface area contributed by atoms with E-state index < -0.39 is 0 Å². The van der Waals surface area contributed by atoms with Crippen LogP contribution in [-0.4, -0.2) is 26.8 Å². The summed E-state index contributed by atoms with van der Waals surface area (Å²) >= 11 is 0. The number of aliphatic hydroxyl groups is 1. The van der Waals surface area contributed by atoms with E-state index in [2.05, 4.69) is 21.8 Å². The van der Waals surface area contributed by atoms with E-state index in [1.807, 2.05) is 26.2 Å². The molecule has 0 saturated heterocycles. The molecule has 0 atom stereocenters. The summed E-state index contributed by atoms with van der Waals surface area (Å²) in [7, 11) is 0. The summed E-state index contributed by atoms with van der Waals surface area (Å²) in [6, 6.07) is 0. The zero-order chi connectivity index (χ0) is 11.3. The smallest absolute Gasteiger partial charge is 0.122 e. The lowest BCUT2D eigenvalue weighted by Crippen LogP contribution is -2.42. The molecule has 0 spiro atoms. The van der Waals surface area contributed by atoms with Crippen molar-refractivity contribution in [2.24, 2.45) is 0 Å². The van der Waals surface area contributed by atoms with Gasteiger partial charge in [-0.15, -0.1) is 0 Å². The van der Waals surface area contributed by atoms with Crippen LogP contribution < -0.4 is 5.32 Å². The Morgan fingerprint density at radius 2 is 2.27 bits per heavy atom. The SMILES string of the molecule is CCCn1ccnc1CNC(C)(C)CO. The van der Waals surface area contributed by atoms with Gasteiger partial charge in [-0.2, -0.15) is 0 Å². The molecule has 1 heterocycles. The molecule has 0 aromatic carbocycles. The van der Waals surface area contributed by atoms with Crippen LogP contribution in [0.25, 0.3) is 0 Å². The Labute approximate surface area is 91.3 Å². The second-order valence-corrected chi connectivity index (χ2v) is 4.43. The Morgan fingerprint density at radius 3 is 2.87 bits per heavy atom. The Morgan fingerprint density at radius 1 is 1.53 bits per heavy atom. The minimum Gasteiger partial charge on any atom is -0.394 e. The molecule has 0 aliphatic heterocycles. The number of aliphatic hydroxyl groups excluding tert-OH is 1. The fraction of sp³-hybridized carbons (Fsp3) is 0.727. The zero-order valence-electron chi connectivity index (χ0n) is 9.82. The molecule has 4 nitrogen and oxygen atoms in total. The molecule has 0 bridgehead atoms. The fourth-order valence-corrected chi connectivity index (χ4v) is 1.33. The van der Waals surface area contributed by atoms with E-state index in [1.54, 1.807) is 0 Å². The lowest BCUT2D eigenvalue weighted by Gasteiger charge is -2.23. The molecule has 0 amide bonds. The zero-order valence-corrected chi connectivity index (χ0v) is 9.82. The molecule has 0 aliphatic rings. The highest BCUT2D eigenvalue weighted by molar-refractivity contribution is 4.93. The number of imidazole rings is 1. The first-order valence-electron chi connectivity index (χ1n) is 5.45. The number of hydrogen-bond donors (Lipinski definition) is 2. The van der Waals surface area contributed by atoms with Crippen LogP contribution in [0.3, 0.4) is 0 Å². The topological polar surface area (TPSA) is 50.1 Å². The molecule has 1 aromatic rings. The third-order valence-corrected chi connectivity index (χ3v) is 2.39. The maximum Gasteiger partial charge on any atom is 0.122 e. The van der Waals surface area contributed by atoms with Gasteiger partial charge in [-0.25, -0.2) is 4.98 Å². The Balaban J connectivity index is 2.53. The molecule has 1 rings (SSSR count). The minimum atomic E-state index is -0.247. The first-order valence-corrected chi connectivity index (χ1v) is 5.45. The van der Waals surface area contributed by atoms with Crippen molar-refractivity contribution in [3.8, 4) is 0 Å². The van der Waals surface area contributed by atoms with Gasteiger partial charge in [0.15, 0.2) is 0 Å². The second kappa shape index (κ2) is 5.28. The quantitative estimate of drug-likeness (QED) is 0.742. The van der Waals surface area contributed by atoms with Crippen LogP contribution in [0.1, 0.15) is 33.0 Å². The summed E-state index contributed by atoms with van der Waals surface area (Å²) in [4.78, 5) is 4.29. The van der Waals surface area contributed by atoms with Crippen molar-refractivity contribution in [3.05, 3.63) is 18.2 Å². The monoisotopic (exact) mass is 211 g/mol. The third-order valence-electron chi connectivity index (χ3n) is 2.39. The average Bonchev–Trinajstić information content (AvgIpc) is 2.64. The molecule has 86 valence electrons. The first kappa shape index (κ1) is 12.2. The van der Waals surface area contributed by atoms with Crippen molar-refractivity contribution in [1.82, 2.24) is 14.9 Å². The largest absolute Gasteiger partial charge is 0.394 e. The number of hydrogen-bond acceptors (Lipinski definition) is 3. The number of aryl methyl sites for hydroxylation is 1. The van der Waals surface area contributed by atoms with E-state index in [0.717, 1.165) is 18.8 Å². The Kier molecular flexibility index (Phi) is 4.29. The van der Waals surface area contributed by atoms with Gasteiger partial charge >= 0.3 is 0 Å². The van der Waals surface area contributed by atoms with Crippen LogP contribution in [0.2, 0.25) is 0 Å². The molecular formula is C11H21N3O. The summed E-state index contributed by atoms with van der Waals surface area (Å²) in [6.45, 7) is 7.91. The molecule has 0 unspecified atom stereocenters. The van der Waals surface area contributed by atoms with E-state index in [0.29, 0.717) is 6.54 Å². The molecule has 1 aromatic heterocycles. The van der Waals surface area contributed by atoms with Gasteiger partial charge in [0, 0.05) is 24.5 Å². The van der Waals surface area contributed by atoms with Crippen LogP contribution in [-0.2, 0) is 13.1 Å². The van der Waals surface area contributed by atoms with E-state index in [9.17, 15) is 0 Å². The molecular weight excluding hydrogens is 190 g/mol. The van der Waals surface area contributed by atoms with E-state index in [4.69, 9.17) is 5.11 Å². The third kappa shape index (κ3) is 3.64. The maximum absolute atomic E-state index is 9.11. The lowest BCUT2D eigenvalue weighted by atomic mass is 10.1. The molecule has 2 N–H and O–H groups in total. The standard InChI is InChI=1S/C11H21N3O/c1-4-6-14-7-5-12-10(14)8-13-11(2,3)9-15/h5,7,13,15H,4,6,8-9H2,1-3H3. The van der Waals surface area contributed by atoms with Crippen LogP contribution in [0.5, 0.6) is 0 Å². The minimum absolute atomic E-state index is 0.126. The average molecular weight is 211 g/mol. The molecule has 4 heteroatoms. The van der Waals surface area contributed by atoms with Crippen molar-refractivity contribution in [1.29, 1.82) is 0 Å². The predicted molar refractivity (Wildman–Crippen MR) is 60.5 cm³/mol. The molecule has 0 saturated carbocycles. The lowest BCUT2D eigenvalue weighted by molar-refractivity contribution is 0.186. The second-order valence-electron chi connectivity index (χ2n) is 4.43. The van der Waals surface area contributed by atoms with Crippen LogP contribution in [0.4, 0.5) is 0 Å². The van der Waals surface area contributed by atoms with Gasteiger partial charge in [0.2, 0.25) is 0 Å². The van der Waals surface area contributed by atoms with Gasteiger partial charge in [0.25, 0.3) is 0 Å². The van der Waals surface area contributed by atoms with Crippen molar-refractivity contribution in [2.75, 3.05) is 6.61 Å². The molecule has 0 aliphatic carbocycles. The number of rotatable bonds is 6. The van der Waals surface area contributed by atoms with Crippen LogP contribution >= 0.6 is 0 Å². The van der Waals surface area contributed by atoms with Gasteiger partial charge in [-0.1, -0.05) is 6.92 Å². The highest BCUT2D eigenvalue weighted by Gasteiger charge is 2.15. The summed E-state index contributed by atoms with van der Waals surface area (Å²) < 4.78 is 2.14. The number of aromatic nitrogens is 2. The summed E-state index contributed by atoms with van der Waals surface area (Å²) in [5, 5.41) is 12.4. The van der Waals surface area contributed by atoms with Crippen molar-refractivity contribution < 1.29 is 5.11 Å². The Bertz CT molecular complexity index is 294. The molecule has 0 fully saturated rings. The van der Waals surface area contributed by atoms with Gasteiger partial charge in [-0.3, -0.25) is 0 Å². The van der Waals surface area contributed by atoms with E-state index in [-0.39, 0.29) is 12.1 Å². The van der Waals surface area contributed by atoms with Gasteiger partial charge in [0.05, 0.1) is 13.2 Å². The van der Waals surface area contributed by atoms with Gasteiger partial charge < -0.3 is 15.0 Å². The number of nitrogens with zero attached hydrogens (tertiary/aromatic N) is 2. The van der Waals surface area contributed by atoms with Crippen molar-refractivity contribution in [2.45, 2.75) is 45.8 Å². The Hall–Kier alpha value is -0.870. The normalized spacial score (nSPS) is 12.0. The highest BCUT2D eigenvalue weighted by atomic mass is 16.3. The fourth-order valence-electron chi connectivity index (χ4n) is 1.33. The summed E-state index contributed by atoms with van der Waals surface area (Å²) in [6.07, 6.45) is 4.91. The summed E-state index contributed by atoms with van der Waals surface area (Å²) in [5.74, 6) is 1.03. The molecule has 0 radical (unpaired) electrons. The van der Waals surface area contributed by atoms with Gasteiger partial charge in [-0.05, 0) is 20.3 Å². The van der Waals surface area contributed by atoms with Crippen LogP contribution in [0.15, 0.2) is 12.4 Å². The van der Waals surface area contributed by atoms with Crippen molar-refractivity contribution >= 4 is 0 Å². The summed E-state index contributed by atoms with van der Waals surface area (Å²) in [5.41, 5.74) is -0.247. The molecule has 15 heavy (non-hydrogen) atoms. The predicted octanol–water partition coefficient (Wildman–Crippen LogP) is 1.15. The van der Waals surface area contributed by atoms with Crippen molar-refractivity contribution in [3.63, 3.8) is 0 Å². The highest BCUT2D eigenvalue weighted by Crippen LogP contribution is 2.04. The first-order chi connectivity index (χ1) is 7.09. The van der Waals surface area contributed by atoms with E-state index >= 15 is 0 Å². The number of nitrogens with one attached hydrogen (secondary N) is 1. The van der Waals surface area contributed by atoms with Crippen LogP contribution in [0, 0.1) is 0 Å². The van der Waals surface area contributed by atoms with Gasteiger partial charge in [0.1, 0.15) is 5.82 Å². The van der Waals surface area contributed by atoms with E-state index in [1.165, 1.54) is 0 Å². The maximum atomic E-state index is 9.11.